The van der Waals surface area contributed by atoms with Crippen LogP contribution in [0.25, 0.3) is 11.4 Å². The number of carbonyl (C=O) groups is 1. The molecule has 2 rings (SSSR count). The number of aromatic amines is 1. The van der Waals surface area contributed by atoms with Gasteiger partial charge in [0.1, 0.15) is 12.4 Å². The van der Waals surface area contributed by atoms with Gasteiger partial charge in [0.15, 0.2) is 5.82 Å². The molecule has 0 aliphatic rings. The van der Waals surface area contributed by atoms with Crippen LogP contribution < -0.4 is 11.1 Å². The first-order valence-corrected chi connectivity index (χ1v) is 7.40. The molecular weight excluding hydrogens is 298 g/mol. The van der Waals surface area contributed by atoms with Gasteiger partial charge in [-0.1, -0.05) is 0 Å². The number of anilines is 1. The van der Waals surface area contributed by atoms with E-state index in [0.717, 1.165) is 5.56 Å². The van der Waals surface area contributed by atoms with E-state index in [1.54, 1.807) is 12.1 Å². The minimum atomic E-state index is -0.211. The third-order valence-corrected chi connectivity index (χ3v) is 2.96. The lowest BCUT2D eigenvalue weighted by molar-refractivity contribution is -0.121. The van der Waals surface area contributed by atoms with Crippen LogP contribution in [0.3, 0.4) is 0 Å². The van der Waals surface area contributed by atoms with Crippen LogP contribution in [0.4, 0.5) is 5.69 Å². The Kier molecular flexibility index (Phi) is 6.67. The predicted molar refractivity (Wildman–Crippen MR) is 85.7 cm³/mol. The number of rotatable bonds is 9. The summed E-state index contributed by atoms with van der Waals surface area (Å²) in [5.41, 5.74) is 7.01. The summed E-state index contributed by atoms with van der Waals surface area (Å²) in [4.78, 5) is 16.0. The van der Waals surface area contributed by atoms with Crippen LogP contribution in [0.1, 0.15) is 12.7 Å². The molecule has 0 saturated heterocycles. The van der Waals surface area contributed by atoms with Gasteiger partial charge in [0.25, 0.3) is 0 Å². The highest BCUT2D eigenvalue weighted by Crippen LogP contribution is 2.17. The molecule has 8 heteroatoms. The lowest BCUT2D eigenvalue weighted by Gasteiger charge is -2.07. The van der Waals surface area contributed by atoms with Crippen molar-refractivity contribution < 1.29 is 14.3 Å². The van der Waals surface area contributed by atoms with Crippen LogP contribution in [-0.2, 0) is 20.8 Å². The van der Waals surface area contributed by atoms with Crippen LogP contribution in [0.2, 0.25) is 0 Å². The highest BCUT2D eigenvalue weighted by Gasteiger charge is 2.06. The van der Waals surface area contributed by atoms with E-state index in [4.69, 9.17) is 15.2 Å². The molecule has 124 valence electrons. The highest BCUT2D eigenvalue weighted by molar-refractivity contribution is 5.91. The normalized spacial score (nSPS) is 10.7. The number of amides is 1. The molecule has 1 amide bonds. The van der Waals surface area contributed by atoms with E-state index in [-0.39, 0.29) is 12.5 Å². The van der Waals surface area contributed by atoms with E-state index >= 15 is 0 Å². The molecule has 0 bridgehead atoms. The quantitative estimate of drug-likeness (QED) is 0.592. The van der Waals surface area contributed by atoms with Gasteiger partial charge < -0.3 is 20.5 Å². The van der Waals surface area contributed by atoms with E-state index < -0.39 is 0 Å². The number of aromatic nitrogens is 3. The zero-order chi connectivity index (χ0) is 16.5. The van der Waals surface area contributed by atoms with Gasteiger partial charge in [-0.2, -0.15) is 5.10 Å². The molecule has 0 aliphatic carbocycles. The minimum absolute atomic E-state index is 0.00436. The number of ether oxygens (including phenoxy) is 2. The first-order chi connectivity index (χ1) is 11.2. The number of nitrogens with one attached hydrogen (secondary N) is 2. The molecule has 0 unspecified atom stereocenters. The SMILES string of the molecule is CCOCCOCC(=O)Nc1ccc(-c2n[nH]c(CN)n2)cc1. The maximum absolute atomic E-state index is 11.7. The minimum Gasteiger partial charge on any atom is -0.379 e. The predicted octanol–water partition coefficient (Wildman–Crippen LogP) is 0.922. The first kappa shape index (κ1) is 17.1. The third-order valence-electron chi connectivity index (χ3n) is 2.96. The van der Waals surface area contributed by atoms with Gasteiger partial charge in [-0.3, -0.25) is 9.89 Å². The monoisotopic (exact) mass is 319 g/mol. The molecule has 0 fully saturated rings. The maximum atomic E-state index is 11.7. The number of nitrogens with two attached hydrogens (primary N) is 1. The Labute approximate surface area is 134 Å². The fourth-order valence-corrected chi connectivity index (χ4v) is 1.84. The van der Waals surface area contributed by atoms with Crippen molar-refractivity contribution in [2.24, 2.45) is 5.73 Å². The highest BCUT2D eigenvalue weighted by atomic mass is 16.5. The Morgan fingerprint density at radius 1 is 1.26 bits per heavy atom. The summed E-state index contributed by atoms with van der Waals surface area (Å²) in [5.74, 6) is 0.988. The molecule has 8 nitrogen and oxygen atoms in total. The van der Waals surface area contributed by atoms with Gasteiger partial charge in [-0.05, 0) is 31.2 Å². The van der Waals surface area contributed by atoms with Crippen LogP contribution in [-0.4, -0.2) is 47.5 Å². The standard InChI is InChI=1S/C15H21N5O3/c1-2-22-7-8-23-10-14(21)17-12-5-3-11(4-6-12)15-18-13(9-16)19-20-15/h3-6H,2,7-10,16H2,1H3,(H,17,21)(H,18,19,20). The van der Waals surface area contributed by atoms with Gasteiger partial charge in [0, 0.05) is 17.9 Å². The fraction of sp³-hybridized carbons (Fsp3) is 0.400. The van der Waals surface area contributed by atoms with E-state index in [1.807, 2.05) is 19.1 Å². The summed E-state index contributed by atoms with van der Waals surface area (Å²) in [7, 11) is 0. The molecule has 0 atom stereocenters. The van der Waals surface area contributed by atoms with Crippen LogP contribution in [0, 0.1) is 0 Å². The van der Waals surface area contributed by atoms with E-state index in [9.17, 15) is 4.79 Å². The molecule has 1 aromatic carbocycles. The van der Waals surface area contributed by atoms with Gasteiger partial charge in [0.05, 0.1) is 19.8 Å². The Bertz CT molecular complexity index is 612. The van der Waals surface area contributed by atoms with Gasteiger partial charge in [0.2, 0.25) is 5.91 Å². The van der Waals surface area contributed by atoms with Crippen LogP contribution >= 0.6 is 0 Å². The van der Waals surface area contributed by atoms with Crippen molar-refractivity contribution in [2.45, 2.75) is 13.5 Å². The van der Waals surface area contributed by atoms with E-state index in [1.165, 1.54) is 0 Å². The van der Waals surface area contributed by atoms with Gasteiger partial charge in [-0.15, -0.1) is 0 Å². The second-order valence-corrected chi connectivity index (χ2v) is 4.68. The van der Waals surface area contributed by atoms with Crippen LogP contribution in [0.5, 0.6) is 0 Å². The lowest BCUT2D eigenvalue weighted by atomic mass is 10.2. The van der Waals surface area contributed by atoms with Crippen molar-refractivity contribution in [1.29, 1.82) is 0 Å². The number of hydrogen-bond acceptors (Lipinski definition) is 6. The molecule has 1 heterocycles. The summed E-state index contributed by atoms with van der Waals surface area (Å²) >= 11 is 0. The maximum Gasteiger partial charge on any atom is 0.250 e. The Balaban J connectivity index is 1.81. The Morgan fingerprint density at radius 2 is 2.00 bits per heavy atom. The van der Waals surface area contributed by atoms with Crippen molar-refractivity contribution in [2.75, 3.05) is 31.7 Å². The molecule has 1 aromatic heterocycles. The molecule has 2 aromatic rings. The first-order valence-electron chi connectivity index (χ1n) is 7.40. The van der Waals surface area contributed by atoms with Crippen molar-refractivity contribution in [3.63, 3.8) is 0 Å². The fourth-order valence-electron chi connectivity index (χ4n) is 1.84. The summed E-state index contributed by atoms with van der Waals surface area (Å²) in [6.07, 6.45) is 0. The molecule has 0 radical (unpaired) electrons. The Morgan fingerprint density at radius 3 is 2.65 bits per heavy atom. The third kappa shape index (κ3) is 5.44. The van der Waals surface area contributed by atoms with E-state index in [0.29, 0.717) is 43.7 Å². The second-order valence-electron chi connectivity index (χ2n) is 4.68. The van der Waals surface area contributed by atoms with Crippen molar-refractivity contribution in [3.8, 4) is 11.4 Å². The summed E-state index contributed by atoms with van der Waals surface area (Å²) in [6, 6.07) is 7.22. The zero-order valence-electron chi connectivity index (χ0n) is 13.0. The molecule has 0 aliphatic heterocycles. The molecule has 0 saturated carbocycles. The molecular formula is C15H21N5O3. The zero-order valence-corrected chi connectivity index (χ0v) is 13.0. The average Bonchev–Trinajstić information content (AvgIpc) is 3.04. The number of nitrogens with zero attached hydrogens (tertiary/aromatic N) is 2. The smallest absolute Gasteiger partial charge is 0.250 e. The van der Waals surface area contributed by atoms with Crippen LogP contribution in [0.15, 0.2) is 24.3 Å². The molecule has 4 N–H and O–H groups in total. The lowest BCUT2D eigenvalue weighted by Crippen LogP contribution is -2.19. The number of H-pyrrole nitrogens is 1. The number of hydrogen-bond donors (Lipinski definition) is 3. The van der Waals surface area contributed by atoms with E-state index in [2.05, 4.69) is 20.5 Å². The van der Waals surface area contributed by atoms with Crippen molar-refractivity contribution in [3.05, 3.63) is 30.1 Å². The summed E-state index contributed by atoms with van der Waals surface area (Å²) in [5, 5.41) is 9.59. The number of carbonyl (C=O) groups excluding carboxylic acids is 1. The van der Waals surface area contributed by atoms with Crippen molar-refractivity contribution in [1.82, 2.24) is 15.2 Å². The summed E-state index contributed by atoms with van der Waals surface area (Å²) < 4.78 is 10.3. The Hall–Kier alpha value is -2.29. The summed E-state index contributed by atoms with van der Waals surface area (Å²) in [6.45, 7) is 3.74. The van der Waals surface area contributed by atoms with Gasteiger partial charge >= 0.3 is 0 Å². The second kappa shape index (κ2) is 8.99. The average molecular weight is 319 g/mol. The molecule has 0 spiro atoms. The van der Waals surface area contributed by atoms with Crippen molar-refractivity contribution >= 4 is 11.6 Å². The topological polar surface area (TPSA) is 115 Å². The molecule has 23 heavy (non-hydrogen) atoms. The van der Waals surface area contributed by atoms with Gasteiger partial charge in [-0.25, -0.2) is 4.98 Å². The largest absolute Gasteiger partial charge is 0.379 e. The number of benzene rings is 1.